The van der Waals surface area contributed by atoms with Gasteiger partial charge in [0.15, 0.2) is 0 Å². The van der Waals surface area contributed by atoms with Crippen LogP contribution in [0.3, 0.4) is 0 Å². The Balaban J connectivity index is 3.93. The van der Waals surface area contributed by atoms with Gasteiger partial charge in [0, 0.05) is 0 Å². The Kier molecular flexibility index (Phi) is 4.45. The van der Waals surface area contributed by atoms with Crippen molar-refractivity contribution in [3.05, 3.63) is 5.92 Å². The highest BCUT2D eigenvalue weighted by Crippen LogP contribution is 2.18. The summed E-state index contributed by atoms with van der Waals surface area (Å²) < 4.78 is 5.27. The molecule has 0 spiro atoms. The minimum absolute atomic E-state index is 0.00303. The van der Waals surface area contributed by atoms with Crippen molar-refractivity contribution in [2.24, 2.45) is 5.41 Å². The molecule has 0 aromatic heterocycles. The van der Waals surface area contributed by atoms with Crippen molar-refractivity contribution in [1.82, 2.24) is 0 Å². The lowest BCUT2D eigenvalue weighted by atomic mass is 9.97. The summed E-state index contributed by atoms with van der Waals surface area (Å²) in [6.45, 7) is 11.6. The molecule has 0 fully saturated rings. The van der Waals surface area contributed by atoms with Gasteiger partial charge in [0.05, 0.1) is 11.5 Å². The Bertz CT molecular complexity index is 165. The molecule has 2 heteroatoms. The molecule has 0 aliphatic carbocycles. The van der Waals surface area contributed by atoms with Crippen LogP contribution in [0.2, 0.25) is 0 Å². The molecule has 0 rings (SSSR count). The van der Waals surface area contributed by atoms with E-state index in [9.17, 15) is 4.79 Å². The molecule has 2 nitrogen and oxygen atoms in total. The molecule has 0 aliphatic heterocycles. The second-order valence-corrected chi connectivity index (χ2v) is 4.88. The highest BCUT2D eigenvalue weighted by Gasteiger charge is 2.24. The number of hydrogen-bond donors (Lipinski definition) is 0. The van der Waals surface area contributed by atoms with Gasteiger partial charge in [-0.3, -0.25) is 4.79 Å². The summed E-state index contributed by atoms with van der Waals surface area (Å²) in [5.74, 6) is 1.16. The Morgan fingerprint density at radius 2 is 1.77 bits per heavy atom. The molecule has 0 aromatic rings. The van der Waals surface area contributed by atoms with Gasteiger partial charge in [-0.1, -0.05) is 13.8 Å². The third kappa shape index (κ3) is 5.67. The second-order valence-electron chi connectivity index (χ2n) is 4.88. The molecule has 0 heterocycles. The van der Waals surface area contributed by atoms with E-state index in [1.54, 1.807) is 0 Å². The molecule has 1 unspecified atom stereocenters. The highest BCUT2D eigenvalue weighted by molar-refractivity contribution is 5.75. The molecule has 0 amide bonds. The average Bonchev–Trinajstić information content (AvgIpc) is 1.82. The van der Waals surface area contributed by atoms with Gasteiger partial charge in [0.25, 0.3) is 0 Å². The smallest absolute Gasteiger partial charge is 0.311 e. The molecular weight excluding hydrogens is 164 g/mol. The van der Waals surface area contributed by atoms with E-state index in [1.165, 1.54) is 5.92 Å². The Morgan fingerprint density at radius 1 is 1.31 bits per heavy atom. The summed E-state index contributed by atoms with van der Waals surface area (Å²) in [7, 11) is 0. The summed E-state index contributed by atoms with van der Waals surface area (Å²) in [5.41, 5.74) is -0.393. The van der Waals surface area contributed by atoms with E-state index in [2.05, 4.69) is 0 Å². The number of carbonyl (C=O) groups is 1. The predicted octanol–water partition coefficient (Wildman–Crippen LogP) is 2.97. The first-order valence-electron chi connectivity index (χ1n) is 4.73. The van der Waals surface area contributed by atoms with Crippen molar-refractivity contribution in [2.75, 3.05) is 0 Å². The zero-order valence-corrected chi connectivity index (χ0v) is 9.60. The van der Waals surface area contributed by atoms with E-state index in [4.69, 9.17) is 4.74 Å². The van der Waals surface area contributed by atoms with Crippen LogP contribution in [0.15, 0.2) is 0 Å². The van der Waals surface area contributed by atoms with Crippen LogP contribution in [-0.2, 0) is 9.53 Å². The number of hydrogen-bond acceptors (Lipinski definition) is 2. The van der Waals surface area contributed by atoms with Gasteiger partial charge in [-0.25, -0.2) is 0 Å². The molecule has 0 aliphatic rings. The maximum absolute atomic E-state index is 11.4. The van der Waals surface area contributed by atoms with E-state index in [1.807, 2.05) is 41.5 Å². The Morgan fingerprint density at radius 3 is 2.08 bits per heavy atom. The van der Waals surface area contributed by atoms with Crippen LogP contribution in [0.25, 0.3) is 0 Å². The molecule has 0 bridgehead atoms. The van der Waals surface area contributed by atoms with Crippen molar-refractivity contribution in [3.8, 4) is 0 Å². The van der Waals surface area contributed by atoms with Crippen LogP contribution in [-0.4, -0.2) is 12.1 Å². The first kappa shape index (κ1) is 12.5. The topological polar surface area (TPSA) is 26.3 Å². The maximum atomic E-state index is 11.4. The molecule has 1 radical (unpaired) electrons. The number of ether oxygens (including phenoxy) is 1. The quantitative estimate of drug-likeness (QED) is 0.632. The van der Waals surface area contributed by atoms with Crippen molar-refractivity contribution in [2.45, 2.75) is 54.1 Å². The maximum Gasteiger partial charge on any atom is 0.311 e. The van der Waals surface area contributed by atoms with Gasteiger partial charge >= 0.3 is 5.97 Å². The van der Waals surface area contributed by atoms with E-state index in [0.717, 1.165) is 6.42 Å². The van der Waals surface area contributed by atoms with Crippen molar-refractivity contribution < 1.29 is 9.53 Å². The normalized spacial score (nSPS) is 14.4. The largest absolute Gasteiger partial charge is 0.462 e. The molecule has 13 heavy (non-hydrogen) atoms. The minimum atomic E-state index is -0.393. The van der Waals surface area contributed by atoms with Crippen LogP contribution in [0.5, 0.6) is 0 Å². The van der Waals surface area contributed by atoms with Crippen LogP contribution in [0, 0.1) is 11.3 Å². The van der Waals surface area contributed by atoms with Crippen molar-refractivity contribution >= 4 is 5.97 Å². The molecule has 0 saturated carbocycles. The van der Waals surface area contributed by atoms with Gasteiger partial charge in [-0.2, -0.15) is 0 Å². The lowest BCUT2D eigenvalue weighted by Gasteiger charge is -2.21. The Hall–Kier alpha value is -0.530. The summed E-state index contributed by atoms with van der Waals surface area (Å²) >= 11 is 0. The average molecular weight is 185 g/mol. The van der Waals surface area contributed by atoms with E-state index in [-0.39, 0.29) is 12.1 Å². The molecule has 1 atom stereocenters. The van der Waals surface area contributed by atoms with Gasteiger partial charge in [0.1, 0.15) is 0 Å². The van der Waals surface area contributed by atoms with Crippen LogP contribution >= 0.6 is 0 Å². The zero-order valence-electron chi connectivity index (χ0n) is 9.60. The van der Waals surface area contributed by atoms with Gasteiger partial charge in [-0.15, -0.1) is 0 Å². The minimum Gasteiger partial charge on any atom is -0.462 e. The standard InChI is InChI=1S/C11H21O2/c1-8(2)7-9(3)13-10(12)11(4,5)6/h9H,7H2,1-6H3. The molecular formula is C11H21O2. The lowest BCUT2D eigenvalue weighted by molar-refractivity contribution is -0.157. The molecule has 77 valence electrons. The van der Waals surface area contributed by atoms with Crippen LogP contribution < -0.4 is 0 Å². The fraction of sp³-hybridized carbons (Fsp3) is 0.818. The van der Waals surface area contributed by atoms with E-state index >= 15 is 0 Å². The number of rotatable bonds is 3. The number of esters is 1. The van der Waals surface area contributed by atoms with Crippen LogP contribution in [0.4, 0.5) is 0 Å². The van der Waals surface area contributed by atoms with E-state index in [0.29, 0.717) is 0 Å². The second kappa shape index (κ2) is 4.64. The zero-order chi connectivity index (χ0) is 10.6. The fourth-order valence-electron chi connectivity index (χ4n) is 0.976. The monoisotopic (exact) mass is 185 g/mol. The summed E-state index contributed by atoms with van der Waals surface area (Å²) in [4.78, 5) is 11.4. The molecule has 0 aromatic carbocycles. The first-order chi connectivity index (χ1) is 5.73. The third-order valence-corrected chi connectivity index (χ3v) is 1.62. The lowest BCUT2D eigenvalue weighted by Crippen LogP contribution is -2.27. The van der Waals surface area contributed by atoms with Crippen LogP contribution in [0.1, 0.15) is 48.0 Å². The third-order valence-electron chi connectivity index (χ3n) is 1.62. The molecule has 0 N–H and O–H groups in total. The van der Waals surface area contributed by atoms with E-state index < -0.39 is 5.41 Å². The SMILES string of the molecule is C[C](C)CC(C)OC(=O)C(C)(C)C. The summed E-state index contributed by atoms with van der Waals surface area (Å²) in [6, 6.07) is 0. The highest BCUT2D eigenvalue weighted by atomic mass is 16.5. The fourth-order valence-corrected chi connectivity index (χ4v) is 0.976. The van der Waals surface area contributed by atoms with Crippen molar-refractivity contribution in [1.29, 1.82) is 0 Å². The summed E-state index contributed by atoms with van der Waals surface area (Å²) in [5, 5.41) is 0. The van der Waals surface area contributed by atoms with Gasteiger partial charge in [-0.05, 0) is 40.0 Å². The van der Waals surface area contributed by atoms with Gasteiger partial charge in [0.2, 0.25) is 0 Å². The Labute approximate surface area is 81.7 Å². The summed E-state index contributed by atoms with van der Waals surface area (Å²) in [6.07, 6.45) is 0.846. The van der Waals surface area contributed by atoms with Gasteiger partial charge < -0.3 is 4.74 Å². The first-order valence-corrected chi connectivity index (χ1v) is 4.73. The predicted molar refractivity (Wildman–Crippen MR) is 54.2 cm³/mol. The number of carbonyl (C=O) groups excluding carboxylic acids is 1. The van der Waals surface area contributed by atoms with Crippen molar-refractivity contribution in [3.63, 3.8) is 0 Å². The molecule has 0 saturated heterocycles.